The second-order valence-electron chi connectivity index (χ2n) is 3.58. The van der Waals surface area contributed by atoms with Gasteiger partial charge in [0.2, 0.25) is 0 Å². The van der Waals surface area contributed by atoms with Crippen LogP contribution in [0.5, 0.6) is 0 Å². The zero-order valence-electron chi connectivity index (χ0n) is 8.85. The van der Waals surface area contributed by atoms with Crippen molar-refractivity contribution in [2.24, 2.45) is 0 Å². The van der Waals surface area contributed by atoms with Gasteiger partial charge in [-0.3, -0.25) is 9.69 Å². The molecule has 1 aromatic rings. The Bertz CT molecular complexity index is 339. The lowest BCUT2D eigenvalue weighted by Crippen LogP contribution is -2.34. The predicted octanol–water partition coefficient (Wildman–Crippen LogP) is 2.26. The Morgan fingerprint density at radius 2 is 2.20 bits per heavy atom. The molecule has 0 radical (unpaired) electrons. The minimum absolute atomic E-state index is 0.0393. The summed E-state index contributed by atoms with van der Waals surface area (Å²) in [4.78, 5) is 14.4. The van der Waals surface area contributed by atoms with Crippen LogP contribution in [0, 0.1) is 0 Å². The van der Waals surface area contributed by atoms with E-state index in [0.717, 1.165) is 24.4 Å². The fourth-order valence-corrected chi connectivity index (χ4v) is 3.13. The molecular formula is C12H15NOS. The van der Waals surface area contributed by atoms with E-state index in [0.29, 0.717) is 0 Å². The second kappa shape index (κ2) is 4.81. The van der Waals surface area contributed by atoms with Crippen LogP contribution in [0.2, 0.25) is 0 Å². The van der Waals surface area contributed by atoms with Crippen molar-refractivity contribution in [2.45, 2.75) is 12.3 Å². The van der Waals surface area contributed by atoms with Gasteiger partial charge in [0.25, 0.3) is 0 Å². The summed E-state index contributed by atoms with van der Waals surface area (Å²) in [6.45, 7) is 4.10. The quantitative estimate of drug-likeness (QED) is 0.730. The van der Waals surface area contributed by atoms with Crippen molar-refractivity contribution in [3.63, 3.8) is 0 Å². The van der Waals surface area contributed by atoms with E-state index in [-0.39, 0.29) is 11.2 Å². The highest BCUT2D eigenvalue weighted by Gasteiger charge is 2.30. The van der Waals surface area contributed by atoms with Crippen LogP contribution in [-0.4, -0.2) is 34.9 Å². The molecule has 1 heterocycles. The molecule has 1 unspecified atom stereocenters. The molecule has 80 valence electrons. The molecule has 3 heteroatoms. The highest BCUT2D eigenvalue weighted by molar-refractivity contribution is 8.00. The molecule has 1 atom stereocenters. The number of benzene rings is 1. The van der Waals surface area contributed by atoms with Crippen molar-refractivity contribution in [3.05, 3.63) is 35.9 Å². The molecule has 1 aliphatic heterocycles. The molecule has 1 saturated heterocycles. The minimum Gasteiger partial charge on any atom is -0.291 e. The van der Waals surface area contributed by atoms with Crippen molar-refractivity contribution >= 4 is 17.5 Å². The third-order valence-electron chi connectivity index (χ3n) is 2.67. The van der Waals surface area contributed by atoms with Crippen LogP contribution >= 0.6 is 11.8 Å². The Labute approximate surface area is 94.7 Å². The number of rotatable bonds is 3. The lowest BCUT2D eigenvalue weighted by molar-refractivity contribution is 0.0922. The first kappa shape index (κ1) is 10.7. The molecule has 0 spiro atoms. The summed E-state index contributed by atoms with van der Waals surface area (Å²) in [6.07, 6.45) is 0. The molecule has 15 heavy (non-hydrogen) atoms. The molecule has 0 saturated carbocycles. The van der Waals surface area contributed by atoms with Crippen LogP contribution in [0.25, 0.3) is 0 Å². The first-order valence-corrected chi connectivity index (χ1v) is 6.32. The smallest absolute Gasteiger partial charge is 0.190 e. The molecule has 2 rings (SSSR count). The Hall–Kier alpha value is -0.800. The van der Waals surface area contributed by atoms with E-state index >= 15 is 0 Å². The molecule has 1 fully saturated rings. The number of hydrogen-bond donors (Lipinski definition) is 0. The molecule has 0 amide bonds. The largest absolute Gasteiger partial charge is 0.291 e. The maximum absolute atomic E-state index is 12.2. The summed E-state index contributed by atoms with van der Waals surface area (Å²) in [7, 11) is 0. The lowest BCUT2D eigenvalue weighted by Gasteiger charge is -2.20. The molecule has 0 aromatic heterocycles. The van der Waals surface area contributed by atoms with Crippen molar-refractivity contribution in [1.29, 1.82) is 0 Å². The topological polar surface area (TPSA) is 20.3 Å². The number of carbonyl (C=O) groups is 1. The van der Waals surface area contributed by atoms with Gasteiger partial charge in [0, 0.05) is 17.9 Å². The summed E-state index contributed by atoms with van der Waals surface area (Å²) in [5, 5.41) is 0.0393. The monoisotopic (exact) mass is 221 g/mol. The van der Waals surface area contributed by atoms with Gasteiger partial charge in [-0.25, -0.2) is 0 Å². The number of carbonyl (C=O) groups excluding carboxylic acids is 1. The summed E-state index contributed by atoms with van der Waals surface area (Å²) in [5.41, 5.74) is 0.829. The van der Waals surface area contributed by atoms with E-state index in [1.54, 1.807) is 11.8 Å². The Kier molecular flexibility index (Phi) is 3.44. The fraction of sp³-hybridized carbons (Fsp3) is 0.417. The second-order valence-corrected chi connectivity index (χ2v) is 4.77. The summed E-state index contributed by atoms with van der Waals surface area (Å²) in [6, 6.07) is 9.58. The van der Waals surface area contributed by atoms with Gasteiger partial charge in [-0.1, -0.05) is 37.3 Å². The van der Waals surface area contributed by atoms with Gasteiger partial charge in [-0.2, -0.15) is 0 Å². The highest BCUT2D eigenvalue weighted by atomic mass is 32.2. The number of thioether (sulfide) groups is 1. The van der Waals surface area contributed by atoms with Crippen LogP contribution < -0.4 is 0 Å². The molecule has 0 bridgehead atoms. The first-order chi connectivity index (χ1) is 7.33. The van der Waals surface area contributed by atoms with Crippen LogP contribution in [0.3, 0.4) is 0 Å². The molecular weight excluding hydrogens is 206 g/mol. The third-order valence-corrected chi connectivity index (χ3v) is 3.92. The zero-order chi connectivity index (χ0) is 10.7. The van der Waals surface area contributed by atoms with Crippen molar-refractivity contribution in [2.75, 3.05) is 18.8 Å². The summed E-state index contributed by atoms with van der Waals surface area (Å²) >= 11 is 1.75. The van der Waals surface area contributed by atoms with E-state index in [9.17, 15) is 4.79 Å². The van der Waals surface area contributed by atoms with Crippen molar-refractivity contribution < 1.29 is 4.79 Å². The van der Waals surface area contributed by atoms with E-state index in [4.69, 9.17) is 0 Å². The van der Waals surface area contributed by atoms with E-state index in [2.05, 4.69) is 11.8 Å². The van der Waals surface area contributed by atoms with Crippen molar-refractivity contribution in [1.82, 2.24) is 4.90 Å². The Balaban J connectivity index is 2.14. The van der Waals surface area contributed by atoms with Gasteiger partial charge in [0.15, 0.2) is 5.78 Å². The first-order valence-electron chi connectivity index (χ1n) is 5.28. The molecule has 0 aliphatic carbocycles. The molecule has 0 N–H and O–H groups in total. The van der Waals surface area contributed by atoms with E-state index in [1.807, 2.05) is 30.3 Å². The van der Waals surface area contributed by atoms with E-state index < -0.39 is 0 Å². The predicted molar refractivity (Wildman–Crippen MR) is 64.3 cm³/mol. The van der Waals surface area contributed by atoms with Gasteiger partial charge >= 0.3 is 0 Å². The van der Waals surface area contributed by atoms with Crippen LogP contribution in [-0.2, 0) is 0 Å². The van der Waals surface area contributed by atoms with Gasteiger partial charge in [-0.05, 0) is 6.54 Å². The Morgan fingerprint density at radius 1 is 1.47 bits per heavy atom. The molecule has 1 aliphatic rings. The maximum atomic E-state index is 12.2. The van der Waals surface area contributed by atoms with Gasteiger partial charge in [-0.15, -0.1) is 11.8 Å². The van der Waals surface area contributed by atoms with Gasteiger partial charge in [0.1, 0.15) is 5.37 Å². The van der Waals surface area contributed by atoms with Crippen LogP contribution in [0.1, 0.15) is 17.3 Å². The summed E-state index contributed by atoms with van der Waals surface area (Å²) < 4.78 is 0. The SMILES string of the molecule is CCN1CCSC1C(=O)c1ccccc1. The number of likely N-dealkylation sites (N-methyl/N-ethyl adjacent to an activating group) is 1. The number of hydrogen-bond acceptors (Lipinski definition) is 3. The van der Waals surface area contributed by atoms with Crippen LogP contribution in [0.15, 0.2) is 30.3 Å². The van der Waals surface area contributed by atoms with Crippen molar-refractivity contribution in [3.8, 4) is 0 Å². The van der Waals surface area contributed by atoms with E-state index in [1.165, 1.54) is 0 Å². The standard InChI is InChI=1S/C12H15NOS/c1-2-13-8-9-15-12(13)11(14)10-6-4-3-5-7-10/h3-7,12H,2,8-9H2,1H3. The van der Waals surface area contributed by atoms with Crippen LogP contribution in [0.4, 0.5) is 0 Å². The van der Waals surface area contributed by atoms with Gasteiger partial charge in [0.05, 0.1) is 0 Å². The third kappa shape index (κ3) is 2.24. The highest BCUT2D eigenvalue weighted by Crippen LogP contribution is 2.26. The number of nitrogens with zero attached hydrogens (tertiary/aromatic N) is 1. The number of Topliss-reactive ketones (excluding diaryl/α,β-unsaturated/α-hetero) is 1. The maximum Gasteiger partial charge on any atom is 0.190 e. The molecule has 2 nitrogen and oxygen atoms in total. The Morgan fingerprint density at radius 3 is 2.87 bits per heavy atom. The lowest BCUT2D eigenvalue weighted by atomic mass is 10.1. The molecule has 1 aromatic carbocycles. The normalized spacial score (nSPS) is 21.8. The minimum atomic E-state index is 0.0393. The zero-order valence-corrected chi connectivity index (χ0v) is 9.67. The average Bonchev–Trinajstić information content (AvgIpc) is 2.77. The van der Waals surface area contributed by atoms with Gasteiger partial charge < -0.3 is 0 Å². The number of ketones is 1. The average molecular weight is 221 g/mol. The summed E-state index contributed by atoms with van der Waals surface area (Å²) in [5.74, 6) is 1.32. The fourth-order valence-electron chi connectivity index (χ4n) is 1.81.